The van der Waals surface area contributed by atoms with Crippen molar-refractivity contribution >= 4 is 40.3 Å². The molecular weight excluding hydrogens is 462 g/mol. The van der Waals surface area contributed by atoms with E-state index in [4.69, 9.17) is 0 Å². The van der Waals surface area contributed by atoms with Crippen molar-refractivity contribution in [3.63, 3.8) is 0 Å². The second-order valence-electron chi connectivity index (χ2n) is 9.66. The summed E-state index contributed by atoms with van der Waals surface area (Å²) in [4.78, 5) is 46.6. The first-order chi connectivity index (χ1) is 17.0. The number of nitrogens with zero attached hydrogens (tertiary/aromatic N) is 3. The summed E-state index contributed by atoms with van der Waals surface area (Å²) in [5, 5.41) is 6.27. The normalized spacial score (nSPS) is 21.6. The first-order valence-corrected chi connectivity index (χ1v) is 13.9. The van der Waals surface area contributed by atoms with E-state index in [1.54, 1.807) is 24.3 Å². The summed E-state index contributed by atoms with van der Waals surface area (Å²) in [6, 6.07) is 7.17. The minimum Gasteiger partial charge on any atom is -0.351 e. The van der Waals surface area contributed by atoms with Gasteiger partial charge in [0.2, 0.25) is 5.91 Å². The summed E-state index contributed by atoms with van der Waals surface area (Å²) in [6.07, 6.45) is 7.84. The number of amides is 3. The smallest absolute Gasteiger partial charge is 0.262 e. The van der Waals surface area contributed by atoms with Crippen molar-refractivity contribution in [2.45, 2.75) is 69.6 Å². The lowest BCUT2D eigenvalue weighted by molar-refractivity contribution is -0.121. The molecule has 0 radical (unpaired) electrons. The van der Waals surface area contributed by atoms with Gasteiger partial charge < -0.3 is 20.4 Å². The average Bonchev–Trinajstić information content (AvgIpc) is 3.24. The van der Waals surface area contributed by atoms with Gasteiger partial charge in [-0.1, -0.05) is 31.2 Å². The molecule has 3 heterocycles. The Morgan fingerprint density at radius 1 is 1.11 bits per heavy atom. The lowest BCUT2D eigenvalue weighted by Gasteiger charge is -2.32. The minimum absolute atomic E-state index is 0.0668. The van der Waals surface area contributed by atoms with E-state index in [1.807, 2.05) is 0 Å². The first-order valence-electron chi connectivity index (χ1n) is 13.0. The van der Waals surface area contributed by atoms with Gasteiger partial charge in [0.05, 0.1) is 0 Å². The quantitative estimate of drug-likeness (QED) is 0.569. The Balaban J connectivity index is 1.24. The zero-order chi connectivity index (χ0) is 24.6. The van der Waals surface area contributed by atoms with Crippen molar-refractivity contribution in [1.82, 2.24) is 15.1 Å². The summed E-state index contributed by atoms with van der Waals surface area (Å²) in [5.41, 5.74) is 1.09. The Labute approximate surface area is 212 Å². The molecule has 8 nitrogen and oxygen atoms in total. The van der Waals surface area contributed by atoms with Crippen molar-refractivity contribution < 1.29 is 14.4 Å². The molecule has 2 fully saturated rings. The van der Waals surface area contributed by atoms with Crippen LogP contribution in [0.4, 0.5) is 5.69 Å². The van der Waals surface area contributed by atoms with Crippen molar-refractivity contribution in [3.05, 3.63) is 29.8 Å². The molecule has 0 saturated carbocycles. The standard InChI is InChI=1S/C26H37N5O3S/c1-2-3-12-30-15-10-20(11-16-30)28-24(33)19-8-7-9-21(17-19)27-23(32)18-22-25(34)29-26(35-22)31-13-5-4-6-14-31/h7-9,17,20,22H,2-6,10-16,18H2,1H3,(H,27,32)(H,28,33). The molecule has 3 aliphatic rings. The molecule has 0 aromatic heterocycles. The van der Waals surface area contributed by atoms with Gasteiger partial charge in [-0.25, -0.2) is 0 Å². The second kappa shape index (κ2) is 12.5. The number of amidine groups is 1. The van der Waals surface area contributed by atoms with E-state index in [-0.39, 0.29) is 30.2 Å². The van der Waals surface area contributed by atoms with E-state index in [0.717, 1.165) is 63.6 Å². The van der Waals surface area contributed by atoms with E-state index >= 15 is 0 Å². The summed E-state index contributed by atoms with van der Waals surface area (Å²) in [5.74, 6) is -0.600. The molecule has 35 heavy (non-hydrogen) atoms. The zero-order valence-corrected chi connectivity index (χ0v) is 21.4. The fourth-order valence-electron chi connectivity index (χ4n) is 4.80. The monoisotopic (exact) mass is 499 g/mol. The van der Waals surface area contributed by atoms with E-state index in [2.05, 4.69) is 32.3 Å². The molecule has 1 aromatic rings. The van der Waals surface area contributed by atoms with E-state index in [9.17, 15) is 14.4 Å². The van der Waals surface area contributed by atoms with E-state index in [1.165, 1.54) is 31.0 Å². The van der Waals surface area contributed by atoms with Crippen molar-refractivity contribution in [2.24, 2.45) is 4.99 Å². The largest absolute Gasteiger partial charge is 0.351 e. The number of carbonyl (C=O) groups excluding carboxylic acids is 3. The third-order valence-corrected chi connectivity index (χ3v) is 8.10. The Kier molecular flexibility index (Phi) is 9.20. The number of anilines is 1. The molecule has 2 saturated heterocycles. The number of aliphatic imine (C=N–C) groups is 1. The molecule has 1 aromatic carbocycles. The van der Waals surface area contributed by atoms with E-state index < -0.39 is 5.25 Å². The van der Waals surface area contributed by atoms with E-state index in [0.29, 0.717) is 11.3 Å². The number of unbranched alkanes of at least 4 members (excludes halogenated alkanes) is 1. The van der Waals surface area contributed by atoms with Crippen LogP contribution in [0.25, 0.3) is 0 Å². The van der Waals surface area contributed by atoms with Crippen LogP contribution < -0.4 is 10.6 Å². The molecule has 4 rings (SSSR count). The van der Waals surface area contributed by atoms with Gasteiger partial charge in [-0.05, 0) is 63.3 Å². The van der Waals surface area contributed by atoms with Gasteiger partial charge in [-0.15, -0.1) is 0 Å². The van der Waals surface area contributed by atoms with Crippen LogP contribution in [0.15, 0.2) is 29.3 Å². The molecule has 0 bridgehead atoms. The van der Waals surface area contributed by atoms with Crippen molar-refractivity contribution in [2.75, 3.05) is 38.0 Å². The summed E-state index contributed by atoms with van der Waals surface area (Å²) in [7, 11) is 0. The fraction of sp³-hybridized carbons (Fsp3) is 0.615. The molecule has 9 heteroatoms. The Bertz CT molecular complexity index is 939. The number of nitrogens with one attached hydrogen (secondary N) is 2. The number of carbonyl (C=O) groups is 3. The highest BCUT2D eigenvalue weighted by Crippen LogP contribution is 2.29. The van der Waals surface area contributed by atoms with Gasteiger partial charge >= 0.3 is 0 Å². The Hall–Kier alpha value is -2.39. The molecule has 3 amide bonds. The highest BCUT2D eigenvalue weighted by atomic mass is 32.2. The first kappa shape index (κ1) is 25.7. The third-order valence-electron chi connectivity index (χ3n) is 6.89. The van der Waals surface area contributed by atoms with Crippen LogP contribution in [0.5, 0.6) is 0 Å². The number of piperidine rings is 2. The van der Waals surface area contributed by atoms with Gasteiger partial charge in [-0.3, -0.25) is 14.4 Å². The fourth-order valence-corrected chi connectivity index (χ4v) is 5.92. The Morgan fingerprint density at radius 2 is 1.89 bits per heavy atom. The molecular formula is C26H37N5O3S. The maximum absolute atomic E-state index is 12.8. The van der Waals surface area contributed by atoms with Gasteiger partial charge in [0.1, 0.15) is 5.25 Å². The van der Waals surface area contributed by atoms with Crippen molar-refractivity contribution in [3.8, 4) is 0 Å². The van der Waals surface area contributed by atoms with Crippen LogP contribution in [-0.4, -0.2) is 76.7 Å². The van der Waals surface area contributed by atoms with Crippen LogP contribution in [0, 0.1) is 0 Å². The molecule has 190 valence electrons. The number of benzene rings is 1. The second-order valence-corrected chi connectivity index (χ2v) is 10.8. The molecule has 0 aliphatic carbocycles. The van der Waals surface area contributed by atoms with Crippen LogP contribution in [0.3, 0.4) is 0 Å². The zero-order valence-electron chi connectivity index (χ0n) is 20.6. The number of hydrogen-bond acceptors (Lipinski definition) is 6. The SMILES string of the molecule is CCCCN1CCC(NC(=O)c2cccc(NC(=O)CC3SC(N4CCCCC4)=NC3=O)c2)CC1. The van der Waals surface area contributed by atoms with Gasteiger partial charge in [-0.2, -0.15) is 4.99 Å². The number of hydrogen-bond donors (Lipinski definition) is 2. The minimum atomic E-state index is -0.485. The summed E-state index contributed by atoms with van der Waals surface area (Å²) >= 11 is 1.39. The number of likely N-dealkylation sites (tertiary alicyclic amines) is 2. The average molecular weight is 500 g/mol. The summed E-state index contributed by atoms with van der Waals surface area (Å²) < 4.78 is 0. The maximum atomic E-state index is 12.8. The Morgan fingerprint density at radius 3 is 2.63 bits per heavy atom. The third kappa shape index (κ3) is 7.30. The molecule has 1 atom stereocenters. The van der Waals surface area contributed by atoms with Crippen LogP contribution >= 0.6 is 11.8 Å². The van der Waals surface area contributed by atoms with Crippen LogP contribution in [0.2, 0.25) is 0 Å². The lowest BCUT2D eigenvalue weighted by Crippen LogP contribution is -2.44. The lowest BCUT2D eigenvalue weighted by atomic mass is 10.0. The van der Waals surface area contributed by atoms with Crippen molar-refractivity contribution in [1.29, 1.82) is 0 Å². The van der Waals surface area contributed by atoms with Crippen LogP contribution in [-0.2, 0) is 9.59 Å². The van der Waals surface area contributed by atoms with Gasteiger partial charge in [0, 0.05) is 49.9 Å². The highest BCUT2D eigenvalue weighted by Gasteiger charge is 2.33. The molecule has 2 N–H and O–H groups in total. The van der Waals surface area contributed by atoms with Crippen LogP contribution in [0.1, 0.15) is 68.6 Å². The number of thioether (sulfide) groups is 1. The van der Waals surface area contributed by atoms with Gasteiger partial charge in [0.15, 0.2) is 5.17 Å². The maximum Gasteiger partial charge on any atom is 0.262 e. The topological polar surface area (TPSA) is 94.1 Å². The molecule has 0 spiro atoms. The van der Waals surface area contributed by atoms with Gasteiger partial charge in [0.25, 0.3) is 11.8 Å². The molecule has 1 unspecified atom stereocenters. The summed E-state index contributed by atoms with van der Waals surface area (Å²) in [6.45, 7) is 7.22. The number of rotatable bonds is 8. The predicted octanol–water partition coefficient (Wildman–Crippen LogP) is 3.49. The highest BCUT2D eigenvalue weighted by molar-refractivity contribution is 8.15. The predicted molar refractivity (Wildman–Crippen MR) is 141 cm³/mol. The molecule has 3 aliphatic heterocycles.